The molecule has 2 rings (SSSR count). The van der Waals surface area contributed by atoms with Crippen LogP contribution in [0.25, 0.3) is 0 Å². The first-order chi connectivity index (χ1) is 10.8. The van der Waals surface area contributed by atoms with E-state index < -0.39 is 29.8 Å². The van der Waals surface area contributed by atoms with Gasteiger partial charge in [0.2, 0.25) is 0 Å². The van der Waals surface area contributed by atoms with Crippen LogP contribution in [-0.4, -0.2) is 30.9 Å². The molecule has 1 aromatic rings. The molecule has 6 heteroatoms. The third kappa shape index (κ3) is 4.74. The van der Waals surface area contributed by atoms with Crippen molar-refractivity contribution in [1.29, 1.82) is 0 Å². The Morgan fingerprint density at radius 1 is 1.26 bits per heavy atom. The number of ether oxygens (including phenoxy) is 3. The molecule has 0 bridgehead atoms. The molecule has 0 aliphatic carbocycles. The molecule has 1 aromatic carbocycles. The third-order valence-corrected chi connectivity index (χ3v) is 3.15. The van der Waals surface area contributed by atoms with Crippen molar-refractivity contribution in [1.82, 2.24) is 5.32 Å². The number of carbonyl (C=O) groups is 2. The van der Waals surface area contributed by atoms with E-state index in [1.807, 2.05) is 0 Å². The highest BCUT2D eigenvalue weighted by molar-refractivity contribution is 5.84. The SMILES string of the molecule is COc1ccc([C@@H](NC(=O)OC(C)(C)C)[C@@H]2C=CC(=O)O2)cc1. The molecule has 0 saturated heterocycles. The van der Waals surface area contributed by atoms with E-state index in [0.29, 0.717) is 5.75 Å². The van der Waals surface area contributed by atoms with Gasteiger partial charge in [0.15, 0.2) is 0 Å². The molecule has 2 atom stereocenters. The summed E-state index contributed by atoms with van der Waals surface area (Å²) < 4.78 is 15.6. The van der Waals surface area contributed by atoms with Crippen molar-refractivity contribution in [2.45, 2.75) is 38.5 Å². The first-order valence-corrected chi connectivity index (χ1v) is 7.31. The van der Waals surface area contributed by atoms with Crippen LogP contribution in [0.1, 0.15) is 32.4 Å². The van der Waals surface area contributed by atoms with Gasteiger partial charge in [-0.1, -0.05) is 12.1 Å². The fraction of sp³-hybridized carbons (Fsp3) is 0.412. The Bertz CT molecular complexity index is 600. The minimum Gasteiger partial charge on any atom is -0.497 e. The third-order valence-electron chi connectivity index (χ3n) is 3.15. The molecule has 0 fully saturated rings. The number of esters is 1. The van der Waals surface area contributed by atoms with Gasteiger partial charge in [-0.2, -0.15) is 0 Å². The molecule has 23 heavy (non-hydrogen) atoms. The van der Waals surface area contributed by atoms with Crippen LogP contribution in [0, 0.1) is 0 Å². The summed E-state index contributed by atoms with van der Waals surface area (Å²) in [6.45, 7) is 5.35. The zero-order valence-electron chi connectivity index (χ0n) is 13.7. The summed E-state index contributed by atoms with van der Waals surface area (Å²) in [7, 11) is 1.58. The average Bonchev–Trinajstić information content (AvgIpc) is 2.89. The minimum absolute atomic E-state index is 0.431. The second kappa shape index (κ2) is 6.73. The molecule has 124 valence electrons. The lowest BCUT2D eigenvalue weighted by Gasteiger charge is -2.26. The predicted molar refractivity (Wildman–Crippen MR) is 84.1 cm³/mol. The van der Waals surface area contributed by atoms with Gasteiger partial charge in [-0.05, 0) is 44.5 Å². The highest BCUT2D eigenvalue weighted by Crippen LogP contribution is 2.26. The second-order valence-electron chi connectivity index (χ2n) is 6.16. The molecule has 0 saturated carbocycles. The standard InChI is InChI=1S/C17H21NO5/c1-17(2,3)23-16(20)18-15(13-9-10-14(19)22-13)11-5-7-12(21-4)8-6-11/h5-10,13,15H,1-4H3,(H,18,20)/t13-,15+/m0/s1. The Morgan fingerprint density at radius 3 is 2.39 bits per heavy atom. The summed E-state index contributed by atoms with van der Waals surface area (Å²) >= 11 is 0. The van der Waals surface area contributed by atoms with Crippen molar-refractivity contribution >= 4 is 12.1 Å². The largest absolute Gasteiger partial charge is 0.497 e. The molecule has 6 nitrogen and oxygen atoms in total. The van der Waals surface area contributed by atoms with Crippen LogP contribution in [0.2, 0.25) is 0 Å². The fourth-order valence-corrected chi connectivity index (χ4v) is 2.17. The number of nitrogens with one attached hydrogen (secondary N) is 1. The normalized spacial score (nSPS) is 18.3. The van der Waals surface area contributed by atoms with Gasteiger partial charge in [-0.15, -0.1) is 0 Å². The summed E-state index contributed by atoms with van der Waals surface area (Å²) in [5, 5.41) is 2.76. The number of rotatable bonds is 4. The number of alkyl carbamates (subject to hydrolysis) is 1. The lowest BCUT2D eigenvalue weighted by molar-refractivity contribution is -0.139. The van der Waals surface area contributed by atoms with E-state index in [9.17, 15) is 9.59 Å². The van der Waals surface area contributed by atoms with Gasteiger partial charge in [-0.25, -0.2) is 9.59 Å². The lowest BCUT2D eigenvalue weighted by Crippen LogP contribution is -2.39. The summed E-state index contributed by atoms with van der Waals surface area (Å²) in [5.74, 6) is 0.267. The van der Waals surface area contributed by atoms with Gasteiger partial charge >= 0.3 is 12.1 Å². The maximum atomic E-state index is 12.1. The smallest absolute Gasteiger partial charge is 0.408 e. The zero-order chi connectivity index (χ0) is 17.0. The first kappa shape index (κ1) is 16.9. The summed E-state index contributed by atoms with van der Waals surface area (Å²) in [5.41, 5.74) is 0.164. The Kier molecular flexibility index (Phi) is 4.93. The van der Waals surface area contributed by atoms with E-state index in [-0.39, 0.29) is 0 Å². The number of benzene rings is 1. The van der Waals surface area contributed by atoms with Gasteiger partial charge in [0, 0.05) is 6.08 Å². The topological polar surface area (TPSA) is 73.9 Å². The molecule has 1 amide bonds. The van der Waals surface area contributed by atoms with Crippen LogP contribution >= 0.6 is 0 Å². The number of cyclic esters (lactones) is 1. The highest BCUT2D eigenvalue weighted by Gasteiger charge is 2.31. The minimum atomic E-state index is -0.614. The monoisotopic (exact) mass is 319 g/mol. The van der Waals surface area contributed by atoms with E-state index in [4.69, 9.17) is 14.2 Å². The highest BCUT2D eigenvalue weighted by atomic mass is 16.6. The van der Waals surface area contributed by atoms with E-state index in [1.165, 1.54) is 6.08 Å². The number of amides is 1. The summed E-state index contributed by atoms with van der Waals surface area (Å²) in [4.78, 5) is 23.4. The molecule has 0 aromatic heterocycles. The molecular formula is C17H21NO5. The molecular weight excluding hydrogens is 298 g/mol. The van der Waals surface area contributed by atoms with Gasteiger partial charge in [-0.3, -0.25) is 0 Å². The van der Waals surface area contributed by atoms with Crippen LogP contribution < -0.4 is 10.1 Å². The molecule has 0 spiro atoms. The van der Waals surface area contributed by atoms with Gasteiger partial charge in [0.1, 0.15) is 17.5 Å². The Labute approximate surface area is 135 Å². The first-order valence-electron chi connectivity index (χ1n) is 7.31. The van der Waals surface area contributed by atoms with E-state index >= 15 is 0 Å². The zero-order valence-corrected chi connectivity index (χ0v) is 13.7. The van der Waals surface area contributed by atoms with E-state index in [0.717, 1.165) is 5.56 Å². The molecule has 1 aliphatic heterocycles. The van der Waals surface area contributed by atoms with E-state index in [1.54, 1.807) is 58.2 Å². The van der Waals surface area contributed by atoms with Gasteiger partial charge < -0.3 is 19.5 Å². The molecule has 0 unspecified atom stereocenters. The Balaban J connectivity index is 2.19. The number of hydrogen-bond donors (Lipinski definition) is 1. The van der Waals surface area contributed by atoms with Crippen molar-refractivity contribution in [2.24, 2.45) is 0 Å². The Morgan fingerprint density at radius 2 is 1.91 bits per heavy atom. The van der Waals surface area contributed by atoms with Crippen molar-refractivity contribution in [3.8, 4) is 5.75 Å². The number of carbonyl (C=O) groups excluding carboxylic acids is 2. The number of hydrogen-bond acceptors (Lipinski definition) is 5. The van der Waals surface area contributed by atoms with Crippen molar-refractivity contribution < 1.29 is 23.8 Å². The lowest BCUT2D eigenvalue weighted by atomic mass is 10.0. The Hall–Kier alpha value is -2.50. The van der Waals surface area contributed by atoms with Crippen LogP contribution in [0.15, 0.2) is 36.4 Å². The summed E-state index contributed by atoms with van der Waals surface area (Å²) in [6.07, 6.45) is 1.81. The average molecular weight is 319 g/mol. The predicted octanol–water partition coefficient (Wildman–Crippen LogP) is 2.74. The molecule has 1 N–H and O–H groups in total. The van der Waals surface area contributed by atoms with Gasteiger partial charge in [0.05, 0.1) is 13.2 Å². The van der Waals surface area contributed by atoms with Crippen molar-refractivity contribution in [3.05, 3.63) is 42.0 Å². The van der Waals surface area contributed by atoms with E-state index in [2.05, 4.69) is 5.32 Å². The van der Waals surface area contributed by atoms with Crippen molar-refractivity contribution in [2.75, 3.05) is 7.11 Å². The second-order valence-corrected chi connectivity index (χ2v) is 6.16. The van der Waals surface area contributed by atoms with Crippen LogP contribution in [0.3, 0.4) is 0 Å². The summed E-state index contributed by atoms with van der Waals surface area (Å²) in [6, 6.07) is 6.62. The quantitative estimate of drug-likeness (QED) is 0.864. The number of methoxy groups -OCH3 is 1. The molecule has 0 radical (unpaired) electrons. The maximum Gasteiger partial charge on any atom is 0.408 e. The molecule has 1 aliphatic rings. The van der Waals surface area contributed by atoms with Gasteiger partial charge in [0.25, 0.3) is 0 Å². The van der Waals surface area contributed by atoms with Crippen molar-refractivity contribution in [3.63, 3.8) is 0 Å². The van der Waals surface area contributed by atoms with Crippen LogP contribution in [0.5, 0.6) is 5.75 Å². The molecule has 1 heterocycles. The fourth-order valence-electron chi connectivity index (χ4n) is 2.17. The van der Waals surface area contributed by atoms with Crippen LogP contribution in [-0.2, 0) is 14.3 Å². The van der Waals surface area contributed by atoms with Crippen LogP contribution in [0.4, 0.5) is 4.79 Å². The maximum absolute atomic E-state index is 12.1.